The summed E-state index contributed by atoms with van der Waals surface area (Å²) in [5.41, 5.74) is 1.08. The van der Waals surface area contributed by atoms with Crippen molar-refractivity contribution in [2.45, 2.75) is 25.5 Å². The highest BCUT2D eigenvalue weighted by Crippen LogP contribution is 2.26. The monoisotopic (exact) mass is 465 g/mol. The molecular formula is C23H19N3O6S. The highest BCUT2D eigenvalue weighted by Gasteiger charge is 2.23. The van der Waals surface area contributed by atoms with Crippen molar-refractivity contribution in [1.29, 1.82) is 0 Å². The van der Waals surface area contributed by atoms with Crippen molar-refractivity contribution in [2.75, 3.05) is 0 Å². The summed E-state index contributed by atoms with van der Waals surface area (Å²) in [7, 11) is -4.21. The van der Waals surface area contributed by atoms with Gasteiger partial charge in [0, 0.05) is 0 Å². The molecule has 0 aliphatic rings. The van der Waals surface area contributed by atoms with E-state index in [0.29, 0.717) is 16.5 Å². The second kappa shape index (κ2) is 8.83. The molecule has 10 heteroatoms. The fourth-order valence-electron chi connectivity index (χ4n) is 3.15. The number of carbonyl (C=O) groups is 1. The molecule has 1 heterocycles. The summed E-state index contributed by atoms with van der Waals surface area (Å²) in [4.78, 5) is 25.2. The van der Waals surface area contributed by atoms with Gasteiger partial charge in [0.1, 0.15) is 16.0 Å². The number of rotatable bonds is 6. The largest absolute Gasteiger partial charge is 0.438 e. The number of ether oxygens (including phenoxy) is 1. The number of carbonyl (C=O) groups excluding carboxylic acids is 1. The number of fused-ring (bicyclic) bond motifs is 1. The van der Waals surface area contributed by atoms with Gasteiger partial charge in [-0.15, -0.1) is 5.10 Å². The quantitative estimate of drug-likeness (QED) is 0.315. The number of nitrogens with zero attached hydrogens (tertiary/aromatic N) is 3. The van der Waals surface area contributed by atoms with Crippen molar-refractivity contribution in [3.05, 3.63) is 93.8 Å². The van der Waals surface area contributed by atoms with Crippen LogP contribution < -0.4 is 9.74 Å². The van der Waals surface area contributed by atoms with Gasteiger partial charge in [-0.2, -0.15) is 13.1 Å². The smallest absolute Gasteiger partial charge is 0.343 e. The average Bonchev–Trinajstić information content (AvgIpc) is 2.80. The van der Waals surface area contributed by atoms with Crippen LogP contribution in [0.15, 0.2) is 76.4 Å². The molecule has 4 aromatic rings. The zero-order chi connectivity index (χ0) is 23.6. The van der Waals surface area contributed by atoms with Crippen LogP contribution in [0.1, 0.15) is 21.5 Å². The van der Waals surface area contributed by atoms with Gasteiger partial charge < -0.3 is 8.92 Å². The summed E-state index contributed by atoms with van der Waals surface area (Å²) in [6.07, 6.45) is 0. The molecular weight excluding hydrogens is 446 g/mol. The summed E-state index contributed by atoms with van der Waals surface area (Å²) in [6, 6.07) is 17.4. The van der Waals surface area contributed by atoms with E-state index in [0.717, 1.165) is 10.2 Å². The van der Waals surface area contributed by atoms with E-state index in [1.54, 1.807) is 50.2 Å². The van der Waals surface area contributed by atoms with Crippen LogP contribution in [0.3, 0.4) is 0 Å². The van der Waals surface area contributed by atoms with Crippen LogP contribution >= 0.6 is 0 Å². The van der Waals surface area contributed by atoms with Gasteiger partial charge in [0.15, 0.2) is 12.5 Å². The lowest BCUT2D eigenvalue weighted by Crippen LogP contribution is -2.26. The fraction of sp³-hybridized carbons (Fsp3) is 0.130. The van der Waals surface area contributed by atoms with Crippen LogP contribution in [0.4, 0.5) is 0 Å². The maximum Gasteiger partial charge on any atom is 0.343 e. The Bertz CT molecular complexity index is 1530. The molecule has 9 nitrogen and oxygen atoms in total. The molecule has 0 atom stereocenters. The molecule has 33 heavy (non-hydrogen) atoms. The first-order chi connectivity index (χ1) is 15.8. The van der Waals surface area contributed by atoms with Gasteiger partial charge in [-0.3, -0.25) is 4.79 Å². The van der Waals surface area contributed by atoms with Crippen molar-refractivity contribution in [1.82, 2.24) is 15.0 Å². The van der Waals surface area contributed by atoms with Crippen molar-refractivity contribution >= 4 is 27.0 Å². The SMILES string of the molecule is Cc1ccc(C)c(S(=O)(=O)Oc2ccccc2C(=O)OCn2nnc3ccccc3c2=O)c1. The Labute approximate surface area is 189 Å². The second-order valence-corrected chi connectivity index (χ2v) is 8.79. The molecule has 3 aromatic carbocycles. The van der Waals surface area contributed by atoms with Gasteiger partial charge >= 0.3 is 16.1 Å². The average molecular weight is 465 g/mol. The summed E-state index contributed by atoms with van der Waals surface area (Å²) < 4.78 is 37.1. The molecule has 0 N–H and O–H groups in total. The van der Waals surface area contributed by atoms with Crippen LogP contribution in [0, 0.1) is 13.8 Å². The van der Waals surface area contributed by atoms with Gasteiger partial charge in [-0.25, -0.2) is 4.79 Å². The number of benzene rings is 3. The van der Waals surface area contributed by atoms with E-state index < -0.39 is 28.4 Å². The fourth-order valence-corrected chi connectivity index (χ4v) is 4.42. The third kappa shape index (κ3) is 4.60. The highest BCUT2D eigenvalue weighted by molar-refractivity contribution is 7.87. The standard InChI is InChI=1S/C23H19N3O6S/c1-15-11-12-16(2)21(13-15)33(29,30)32-20-10-6-4-8-18(20)23(28)31-14-26-22(27)17-7-3-5-9-19(17)24-25-26/h3-13H,14H2,1-2H3. The number of aryl methyl sites for hydroxylation is 2. The molecule has 0 amide bonds. The number of esters is 1. The summed E-state index contributed by atoms with van der Waals surface area (Å²) in [6.45, 7) is 2.91. The molecule has 0 fully saturated rings. The Balaban J connectivity index is 1.57. The highest BCUT2D eigenvalue weighted by atomic mass is 32.2. The number of hydrogen-bond acceptors (Lipinski definition) is 8. The molecule has 4 rings (SSSR count). The maximum atomic E-state index is 12.9. The van der Waals surface area contributed by atoms with E-state index in [1.165, 1.54) is 30.3 Å². The molecule has 0 unspecified atom stereocenters. The molecule has 0 aliphatic heterocycles. The third-order valence-corrected chi connectivity index (χ3v) is 6.24. The predicted octanol–water partition coefficient (Wildman–Crippen LogP) is 2.99. The zero-order valence-electron chi connectivity index (χ0n) is 17.8. The van der Waals surface area contributed by atoms with E-state index in [-0.39, 0.29) is 16.2 Å². The summed E-state index contributed by atoms with van der Waals surface area (Å²) in [5, 5.41) is 8.01. The summed E-state index contributed by atoms with van der Waals surface area (Å²) >= 11 is 0. The Morgan fingerprint density at radius 3 is 2.55 bits per heavy atom. The maximum absolute atomic E-state index is 12.9. The van der Waals surface area contributed by atoms with Crippen LogP contribution in [-0.2, 0) is 21.6 Å². The van der Waals surface area contributed by atoms with Gasteiger partial charge in [0.25, 0.3) is 5.56 Å². The van der Waals surface area contributed by atoms with Crippen molar-refractivity contribution in [2.24, 2.45) is 0 Å². The van der Waals surface area contributed by atoms with Crippen LogP contribution in [-0.4, -0.2) is 29.4 Å². The molecule has 0 spiro atoms. The van der Waals surface area contributed by atoms with Gasteiger partial charge in [-0.1, -0.05) is 41.6 Å². The van der Waals surface area contributed by atoms with Gasteiger partial charge in [0.05, 0.1) is 5.39 Å². The lowest BCUT2D eigenvalue weighted by Gasteiger charge is -2.13. The van der Waals surface area contributed by atoms with Crippen LogP contribution in [0.5, 0.6) is 5.75 Å². The molecule has 0 saturated heterocycles. The molecule has 1 aromatic heterocycles. The van der Waals surface area contributed by atoms with E-state index in [1.807, 2.05) is 0 Å². The van der Waals surface area contributed by atoms with Gasteiger partial charge in [-0.05, 0) is 55.3 Å². The van der Waals surface area contributed by atoms with Crippen LogP contribution in [0.2, 0.25) is 0 Å². The first kappa shape index (κ1) is 22.2. The summed E-state index contributed by atoms with van der Waals surface area (Å²) in [5.74, 6) is -1.08. The lowest BCUT2D eigenvalue weighted by molar-refractivity contribution is 0.0334. The Morgan fingerprint density at radius 1 is 1.00 bits per heavy atom. The minimum Gasteiger partial charge on any atom is -0.438 e. The second-order valence-electron chi connectivity index (χ2n) is 7.27. The Kier molecular flexibility index (Phi) is 5.93. The van der Waals surface area contributed by atoms with Gasteiger partial charge in [0.2, 0.25) is 0 Å². The van der Waals surface area contributed by atoms with E-state index in [2.05, 4.69) is 10.3 Å². The molecule has 0 aliphatic carbocycles. The van der Waals surface area contributed by atoms with Crippen molar-refractivity contribution in [3.8, 4) is 5.75 Å². The Morgan fingerprint density at radius 2 is 1.73 bits per heavy atom. The topological polar surface area (TPSA) is 117 Å². The zero-order valence-corrected chi connectivity index (χ0v) is 18.6. The normalized spacial score (nSPS) is 11.3. The minimum absolute atomic E-state index is 0.00339. The van der Waals surface area contributed by atoms with Crippen molar-refractivity contribution < 1.29 is 22.1 Å². The molecule has 0 saturated carbocycles. The Hall–Kier alpha value is -4.05. The van der Waals surface area contributed by atoms with E-state index in [9.17, 15) is 18.0 Å². The molecule has 168 valence electrons. The lowest BCUT2D eigenvalue weighted by atomic mass is 10.2. The predicted molar refractivity (Wildman–Crippen MR) is 119 cm³/mol. The molecule has 0 bridgehead atoms. The van der Waals surface area contributed by atoms with E-state index in [4.69, 9.17) is 8.92 Å². The van der Waals surface area contributed by atoms with E-state index >= 15 is 0 Å². The number of para-hydroxylation sites is 1. The first-order valence-electron chi connectivity index (χ1n) is 9.87. The number of hydrogen-bond donors (Lipinski definition) is 0. The third-order valence-electron chi connectivity index (χ3n) is 4.87. The minimum atomic E-state index is -4.21. The molecule has 0 radical (unpaired) electrons. The number of aromatic nitrogens is 3. The van der Waals surface area contributed by atoms with Crippen molar-refractivity contribution in [3.63, 3.8) is 0 Å². The van der Waals surface area contributed by atoms with Crippen LogP contribution in [0.25, 0.3) is 10.9 Å². The first-order valence-corrected chi connectivity index (χ1v) is 11.3.